The fourth-order valence-electron chi connectivity index (χ4n) is 3.91. The first-order valence-electron chi connectivity index (χ1n) is 9.33. The molecule has 0 radical (unpaired) electrons. The number of rotatable bonds is 4. The maximum absolute atomic E-state index is 12.7. The van der Waals surface area contributed by atoms with E-state index in [0.29, 0.717) is 25.0 Å². The Morgan fingerprint density at radius 1 is 0.960 bits per heavy atom. The second kappa shape index (κ2) is 7.85. The lowest BCUT2D eigenvalue weighted by Gasteiger charge is -2.34. The molecule has 140 valence electrons. The fourth-order valence-corrected chi connectivity index (χ4v) is 3.91. The molecule has 1 saturated carbocycles. The lowest BCUT2D eigenvalue weighted by Crippen LogP contribution is -2.38. The number of halogens is 3. The second-order valence-corrected chi connectivity index (χ2v) is 7.51. The summed E-state index contributed by atoms with van der Waals surface area (Å²) < 4.78 is 38.2. The van der Waals surface area contributed by atoms with E-state index in [1.54, 1.807) is 0 Å². The van der Waals surface area contributed by atoms with Crippen molar-refractivity contribution in [1.29, 1.82) is 0 Å². The van der Waals surface area contributed by atoms with Gasteiger partial charge in [-0.15, -0.1) is 0 Å². The number of hydrogen-bond acceptors (Lipinski definition) is 3. The van der Waals surface area contributed by atoms with Crippen LogP contribution < -0.4 is 16.0 Å². The molecule has 3 nitrogen and oxygen atoms in total. The van der Waals surface area contributed by atoms with Crippen LogP contribution in [0.4, 0.5) is 24.5 Å². The lowest BCUT2D eigenvalue weighted by atomic mass is 9.86. The van der Waals surface area contributed by atoms with Crippen molar-refractivity contribution in [3.8, 4) is 0 Å². The van der Waals surface area contributed by atoms with Gasteiger partial charge >= 0.3 is 6.18 Å². The molecular formula is C19H28F3N3. The normalized spacial score (nSPS) is 25.8. The molecule has 0 atom stereocenters. The zero-order chi connectivity index (χ0) is 17.9. The Morgan fingerprint density at radius 3 is 2.12 bits per heavy atom. The predicted molar refractivity (Wildman–Crippen MR) is 95.9 cm³/mol. The van der Waals surface area contributed by atoms with Gasteiger partial charge in [0.05, 0.1) is 5.92 Å². The Morgan fingerprint density at radius 2 is 1.56 bits per heavy atom. The maximum Gasteiger partial charge on any atom is 0.391 e. The van der Waals surface area contributed by atoms with E-state index in [0.717, 1.165) is 30.8 Å². The van der Waals surface area contributed by atoms with Crippen molar-refractivity contribution in [2.24, 2.45) is 17.6 Å². The van der Waals surface area contributed by atoms with Crippen molar-refractivity contribution < 1.29 is 13.2 Å². The van der Waals surface area contributed by atoms with E-state index in [1.165, 1.54) is 12.8 Å². The molecule has 1 aliphatic heterocycles. The van der Waals surface area contributed by atoms with E-state index < -0.39 is 12.1 Å². The first-order chi connectivity index (χ1) is 11.9. The molecular weight excluding hydrogens is 327 g/mol. The summed E-state index contributed by atoms with van der Waals surface area (Å²) in [5, 5.41) is 3.48. The van der Waals surface area contributed by atoms with Gasteiger partial charge in [-0.05, 0) is 68.7 Å². The van der Waals surface area contributed by atoms with E-state index in [-0.39, 0.29) is 12.8 Å². The van der Waals surface area contributed by atoms with Crippen LogP contribution in [0.3, 0.4) is 0 Å². The molecule has 0 spiro atoms. The van der Waals surface area contributed by atoms with Crippen LogP contribution in [-0.2, 0) is 0 Å². The summed E-state index contributed by atoms with van der Waals surface area (Å²) in [5.74, 6) is -0.464. The van der Waals surface area contributed by atoms with E-state index in [4.69, 9.17) is 5.73 Å². The monoisotopic (exact) mass is 355 g/mol. The number of nitrogens with zero attached hydrogens (tertiary/aromatic N) is 1. The van der Waals surface area contributed by atoms with Crippen LogP contribution in [0.25, 0.3) is 0 Å². The molecule has 1 heterocycles. The largest absolute Gasteiger partial charge is 0.391 e. The van der Waals surface area contributed by atoms with Crippen LogP contribution in [-0.4, -0.2) is 31.9 Å². The maximum atomic E-state index is 12.7. The molecule has 2 fully saturated rings. The number of benzene rings is 1. The number of piperidine rings is 1. The Hall–Kier alpha value is -1.43. The van der Waals surface area contributed by atoms with Crippen molar-refractivity contribution in [3.63, 3.8) is 0 Å². The molecule has 0 unspecified atom stereocenters. The smallest absolute Gasteiger partial charge is 0.385 e. The summed E-state index contributed by atoms with van der Waals surface area (Å²) >= 11 is 0. The molecule has 6 heteroatoms. The Kier molecular flexibility index (Phi) is 5.77. The highest BCUT2D eigenvalue weighted by molar-refractivity contribution is 5.55. The number of anilines is 2. The van der Waals surface area contributed by atoms with Crippen LogP contribution >= 0.6 is 0 Å². The number of hydrogen-bond donors (Lipinski definition) is 2. The molecule has 25 heavy (non-hydrogen) atoms. The molecule has 3 rings (SSSR count). The van der Waals surface area contributed by atoms with Crippen LogP contribution in [0.15, 0.2) is 24.3 Å². The number of nitrogens with one attached hydrogen (secondary N) is 1. The summed E-state index contributed by atoms with van der Waals surface area (Å²) in [6.07, 6.45) is 0.905. The average molecular weight is 355 g/mol. The predicted octanol–water partition coefficient (Wildman–Crippen LogP) is 4.39. The second-order valence-electron chi connectivity index (χ2n) is 7.51. The first kappa shape index (κ1) is 18.4. The van der Waals surface area contributed by atoms with Gasteiger partial charge in [0.2, 0.25) is 0 Å². The third kappa shape index (κ3) is 5.03. The van der Waals surface area contributed by atoms with Crippen molar-refractivity contribution in [3.05, 3.63) is 24.3 Å². The summed E-state index contributed by atoms with van der Waals surface area (Å²) in [6, 6.07) is 8.44. The Bertz CT molecular complexity index is 528. The highest BCUT2D eigenvalue weighted by Crippen LogP contribution is 2.35. The summed E-state index contributed by atoms with van der Waals surface area (Å²) in [4.78, 5) is 2.05. The third-order valence-corrected chi connectivity index (χ3v) is 5.68. The van der Waals surface area contributed by atoms with Gasteiger partial charge in [-0.3, -0.25) is 0 Å². The molecule has 1 aliphatic carbocycles. The molecule has 1 aromatic carbocycles. The highest BCUT2D eigenvalue weighted by Gasteiger charge is 2.41. The van der Waals surface area contributed by atoms with Crippen molar-refractivity contribution >= 4 is 11.4 Å². The summed E-state index contributed by atoms with van der Waals surface area (Å²) in [6.45, 7) is 1.90. The molecule has 1 saturated heterocycles. The first-order valence-corrected chi connectivity index (χ1v) is 9.33. The van der Waals surface area contributed by atoms with Gasteiger partial charge in [-0.2, -0.15) is 13.2 Å². The zero-order valence-electron chi connectivity index (χ0n) is 14.6. The average Bonchev–Trinajstić information content (AvgIpc) is 2.61. The van der Waals surface area contributed by atoms with Gasteiger partial charge in [-0.1, -0.05) is 0 Å². The van der Waals surface area contributed by atoms with Gasteiger partial charge in [0, 0.05) is 37.1 Å². The molecule has 0 amide bonds. The zero-order valence-corrected chi connectivity index (χ0v) is 14.6. The minimum absolute atomic E-state index is 0.188. The van der Waals surface area contributed by atoms with Gasteiger partial charge in [0.25, 0.3) is 0 Å². The number of alkyl halides is 3. The Labute approximate surface area is 147 Å². The van der Waals surface area contributed by atoms with Crippen LogP contribution in [0, 0.1) is 11.8 Å². The van der Waals surface area contributed by atoms with Crippen molar-refractivity contribution in [2.75, 3.05) is 29.9 Å². The van der Waals surface area contributed by atoms with E-state index >= 15 is 0 Å². The molecule has 0 bridgehead atoms. The molecule has 0 aromatic heterocycles. The quantitative estimate of drug-likeness (QED) is 0.841. The van der Waals surface area contributed by atoms with Crippen LogP contribution in [0.5, 0.6) is 0 Å². The van der Waals surface area contributed by atoms with Gasteiger partial charge in [0.1, 0.15) is 0 Å². The standard InChI is InChI=1S/C19H28F3N3/c20-19(21,22)15-9-11-25(12-10-15)18-7-5-17(6-8-18)24-13-14-1-3-16(23)4-2-14/h5-8,14-16,24H,1-4,9-13,23H2. The third-order valence-electron chi connectivity index (χ3n) is 5.68. The van der Waals surface area contributed by atoms with Gasteiger partial charge in [-0.25, -0.2) is 0 Å². The summed E-state index contributed by atoms with van der Waals surface area (Å²) in [7, 11) is 0. The van der Waals surface area contributed by atoms with Crippen molar-refractivity contribution in [2.45, 2.75) is 50.7 Å². The lowest BCUT2D eigenvalue weighted by molar-refractivity contribution is -0.179. The highest BCUT2D eigenvalue weighted by atomic mass is 19.4. The van der Waals surface area contributed by atoms with Crippen molar-refractivity contribution in [1.82, 2.24) is 0 Å². The van der Waals surface area contributed by atoms with Gasteiger partial charge < -0.3 is 16.0 Å². The topological polar surface area (TPSA) is 41.3 Å². The number of nitrogens with two attached hydrogens (primary N) is 1. The van der Waals surface area contributed by atoms with E-state index in [1.807, 2.05) is 24.3 Å². The summed E-state index contributed by atoms with van der Waals surface area (Å²) in [5.41, 5.74) is 8.02. The molecule has 3 N–H and O–H groups in total. The van der Waals surface area contributed by atoms with Crippen LogP contribution in [0.2, 0.25) is 0 Å². The SMILES string of the molecule is NC1CCC(CNc2ccc(N3CCC(C(F)(F)F)CC3)cc2)CC1. The van der Waals surface area contributed by atoms with E-state index in [9.17, 15) is 13.2 Å². The molecule has 1 aromatic rings. The molecule has 2 aliphatic rings. The Balaban J connectivity index is 1.46. The minimum atomic E-state index is -4.05. The van der Waals surface area contributed by atoms with E-state index in [2.05, 4.69) is 10.2 Å². The van der Waals surface area contributed by atoms with Gasteiger partial charge in [0.15, 0.2) is 0 Å². The van der Waals surface area contributed by atoms with Crippen LogP contribution in [0.1, 0.15) is 38.5 Å². The minimum Gasteiger partial charge on any atom is -0.385 e. The fraction of sp³-hybridized carbons (Fsp3) is 0.684.